The minimum Gasteiger partial charge on any atom is -0.253 e. The first-order valence-electron chi connectivity index (χ1n) is 8.26. The highest BCUT2D eigenvalue weighted by Crippen LogP contribution is 2.12. The van der Waals surface area contributed by atoms with Crippen molar-refractivity contribution in [3.8, 4) is 0 Å². The van der Waals surface area contributed by atoms with Crippen LogP contribution in [0.4, 0.5) is 0 Å². The molecule has 1 heterocycles. The summed E-state index contributed by atoms with van der Waals surface area (Å²) < 4.78 is 1.93. The third-order valence-electron chi connectivity index (χ3n) is 3.71. The maximum Gasteiger partial charge on any atom is 0.137 e. The van der Waals surface area contributed by atoms with E-state index in [2.05, 4.69) is 17.0 Å². The van der Waals surface area contributed by atoms with Crippen molar-refractivity contribution in [3.05, 3.63) is 12.7 Å². The van der Waals surface area contributed by atoms with Crippen LogP contribution >= 0.6 is 0 Å². The van der Waals surface area contributed by atoms with Gasteiger partial charge in [-0.1, -0.05) is 77.6 Å². The van der Waals surface area contributed by atoms with Crippen LogP contribution in [-0.2, 0) is 6.54 Å². The van der Waals surface area contributed by atoms with Crippen LogP contribution in [0.2, 0.25) is 0 Å². The smallest absolute Gasteiger partial charge is 0.137 e. The molecule has 0 aliphatic carbocycles. The first-order valence-corrected chi connectivity index (χ1v) is 8.26. The van der Waals surface area contributed by atoms with Crippen molar-refractivity contribution in [1.29, 1.82) is 0 Å². The molecule has 0 amide bonds. The number of rotatable bonds is 13. The fourth-order valence-electron chi connectivity index (χ4n) is 2.46. The predicted octanol–water partition coefficient (Wildman–Crippen LogP) is 4.98. The number of nitrogens with zero attached hydrogens (tertiary/aromatic N) is 3. The van der Waals surface area contributed by atoms with E-state index in [1.54, 1.807) is 12.7 Å². The van der Waals surface area contributed by atoms with E-state index in [0.29, 0.717) is 0 Å². The van der Waals surface area contributed by atoms with Crippen LogP contribution in [0.5, 0.6) is 0 Å². The van der Waals surface area contributed by atoms with Gasteiger partial charge in [0.15, 0.2) is 0 Å². The fraction of sp³-hybridized carbons (Fsp3) is 0.875. The SMILES string of the molecule is CCCCCCCCCCCCCCn1cncn1. The molecule has 19 heavy (non-hydrogen) atoms. The van der Waals surface area contributed by atoms with Crippen LogP contribution in [0.25, 0.3) is 0 Å². The lowest BCUT2D eigenvalue weighted by atomic mass is 10.1. The third-order valence-corrected chi connectivity index (χ3v) is 3.71. The van der Waals surface area contributed by atoms with E-state index in [0.717, 1.165) is 6.54 Å². The number of aryl methyl sites for hydroxylation is 1. The molecule has 3 nitrogen and oxygen atoms in total. The molecule has 0 unspecified atom stereocenters. The van der Waals surface area contributed by atoms with E-state index in [4.69, 9.17) is 0 Å². The standard InChI is InChI=1S/C16H31N3/c1-2-3-4-5-6-7-8-9-10-11-12-13-14-19-16-17-15-18-19/h15-16H,2-14H2,1H3. The minimum atomic E-state index is 1.03. The fourth-order valence-corrected chi connectivity index (χ4v) is 2.46. The van der Waals surface area contributed by atoms with Crippen molar-refractivity contribution in [2.45, 2.75) is 90.5 Å². The van der Waals surface area contributed by atoms with Gasteiger partial charge >= 0.3 is 0 Å². The van der Waals surface area contributed by atoms with Gasteiger partial charge in [-0.3, -0.25) is 4.68 Å². The molecule has 0 aliphatic rings. The van der Waals surface area contributed by atoms with Gasteiger partial charge in [0.05, 0.1) is 0 Å². The molecule has 3 heteroatoms. The largest absolute Gasteiger partial charge is 0.253 e. The van der Waals surface area contributed by atoms with Crippen molar-refractivity contribution < 1.29 is 0 Å². The number of hydrogen-bond acceptors (Lipinski definition) is 2. The molecule has 0 aromatic carbocycles. The highest BCUT2D eigenvalue weighted by molar-refractivity contribution is 4.56. The third kappa shape index (κ3) is 9.69. The number of aromatic nitrogens is 3. The topological polar surface area (TPSA) is 30.7 Å². The molecule has 0 N–H and O–H groups in total. The highest BCUT2D eigenvalue weighted by Gasteiger charge is 1.94. The normalized spacial score (nSPS) is 11.0. The minimum absolute atomic E-state index is 1.03. The second-order valence-electron chi connectivity index (χ2n) is 5.55. The van der Waals surface area contributed by atoms with Gasteiger partial charge in [-0.25, -0.2) is 4.98 Å². The summed E-state index contributed by atoms with van der Waals surface area (Å²) in [5.41, 5.74) is 0. The molecule has 0 aliphatic heterocycles. The predicted molar refractivity (Wildman–Crippen MR) is 81.1 cm³/mol. The van der Waals surface area contributed by atoms with E-state index < -0.39 is 0 Å². The van der Waals surface area contributed by atoms with Crippen molar-refractivity contribution in [2.75, 3.05) is 0 Å². The zero-order valence-electron chi connectivity index (χ0n) is 12.7. The van der Waals surface area contributed by atoms with Gasteiger partial charge in [0.1, 0.15) is 12.7 Å². The summed E-state index contributed by atoms with van der Waals surface area (Å²) in [5, 5.41) is 4.11. The molecule has 0 saturated carbocycles. The van der Waals surface area contributed by atoms with Gasteiger partial charge in [0, 0.05) is 6.54 Å². The van der Waals surface area contributed by atoms with Crippen LogP contribution in [0.3, 0.4) is 0 Å². The summed E-state index contributed by atoms with van der Waals surface area (Å²) in [6.07, 6.45) is 20.2. The molecule has 1 rings (SSSR count). The Hall–Kier alpha value is -0.860. The molecule has 1 aromatic rings. The molecule has 0 radical (unpaired) electrons. The summed E-state index contributed by atoms with van der Waals surface area (Å²) in [6.45, 7) is 3.31. The van der Waals surface area contributed by atoms with Crippen LogP contribution in [0, 0.1) is 0 Å². The first-order chi connectivity index (χ1) is 9.43. The van der Waals surface area contributed by atoms with Gasteiger partial charge in [-0.2, -0.15) is 5.10 Å². The van der Waals surface area contributed by atoms with Crippen molar-refractivity contribution in [3.63, 3.8) is 0 Å². The van der Waals surface area contributed by atoms with Gasteiger partial charge in [0.2, 0.25) is 0 Å². The van der Waals surface area contributed by atoms with Crippen molar-refractivity contribution in [2.24, 2.45) is 0 Å². The van der Waals surface area contributed by atoms with E-state index in [1.807, 2.05) is 4.68 Å². The van der Waals surface area contributed by atoms with E-state index in [1.165, 1.54) is 77.0 Å². The Balaban J connectivity index is 1.72. The van der Waals surface area contributed by atoms with Gasteiger partial charge in [0.25, 0.3) is 0 Å². The van der Waals surface area contributed by atoms with Crippen LogP contribution in [0.15, 0.2) is 12.7 Å². The number of hydrogen-bond donors (Lipinski definition) is 0. The van der Waals surface area contributed by atoms with Crippen molar-refractivity contribution in [1.82, 2.24) is 14.8 Å². The molecule has 110 valence electrons. The Morgan fingerprint density at radius 3 is 1.74 bits per heavy atom. The zero-order chi connectivity index (χ0) is 13.6. The maximum absolute atomic E-state index is 4.11. The van der Waals surface area contributed by atoms with Crippen molar-refractivity contribution >= 4 is 0 Å². The summed E-state index contributed by atoms with van der Waals surface area (Å²) in [6, 6.07) is 0. The summed E-state index contributed by atoms with van der Waals surface area (Å²) >= 11 is 0. The Labute approximate surface area is 118 Å². The molecule has 0 spiro atoms. The quantitative estimate of drug-likeness (QED) is 0.471. The van der Waals surface area contributed by atoms with Crippen LogP contribution in [0.1, 0.15) is 84.0 Å². The lowest BCUT2D eigenvalue weighted by molar-refractivity contribution is 0.512. The number of unbranched alkanes of at least 4 members (excludes halogenated alkanes) is 11. The molecular formula is C16H31N3. The van der Waals surface area contributed by atoms with Crippen LogP contribution in [-0.4, -0.2) is 14.8 Å². The molecule has 0 atom stereocenters. The zero-order valence-corrected chi connectivity index (χ0v) is 12.7. The molecular weight excluding hydrogens is 234 g/mol. The Bertz CT molecular complexity index is 270. The van der Waals surface area contributed by atoms with E-state index in [9.17, 15) is 0 Å². The maximum atomic E-state index is 4.11. The monoisotopic (exact) mass is 265 g/mol. The molecule has 0 fully saturated rings. The average molecular weight is 265 g/mol. The molecule has 1 aromatic heterocycles. The second-order valence-corrected chi connectivity index (χ2v) is 5.55. The van der Waals surface area contributed by atoms with Gasteiger partial charge < -0.3 is 0 Å². The Morgan fingerprint density at radius 2 is 1.26 bits per heavy atom. The summed E-state index contributed by atoms with van der Waals surface area (Å²) in [5.74, 6) is 0. The lowest BCUT2D eigenvalue weighted by Crippen LogP contribution is -1.97. The van der Waals surface area contributed by atoms with E-state index >= 15 is 0 Å². The van der Waals surface area contributed by atoms with Gasteiger partial charge in [-0.15, -0.1) is 0 Å². The molecule has 0 bridgehead atoms. The molecule has 0 saturated heterocycles. The first kappa shape index (κ1) is 16.2. The lowest BCUT2D eigenvalue weighted by Gasteiger charge is -2.03. The summed E-state index contributed by atoms with van der Waals surface area (Å²) in [7, 11) is 0. The Morgan fingerprint density at radius 1 is 0.737 bits per heavy atom. The average Bonchev–Trinajstić information content (AvgIpc) is 2.93. The van der Waals surface area contributed by atoms with Gasteiger partial charge in [-0.05, 0) is 6.42 Å². The second kappa shape index (κ2) is 12.2. The highest BCUT2D eigenvalue weighted by atomic mass is 15.3. The van der Waals surface area contributed by atoms with Crippen LogP contribution < -0.4 is 0 Å². The Kier molecular flexibility index (Phi) is 10.4. The summed E-state index contributed by atoms with van der Waals surface area (Å²) in [4.78, 5) is 3.95. The van der Waals surface area contributed by atoms with E-state index in [-0.39, 0.29) is 0 Å².